The molecule has 35 heavy (non-hydrogen) atoms. The Balaban J connectivity index is 1.36. The molecular weight excluding hydrogens is 446 g/mol. The number of fused-ring (bicyclic) bond motifs is 1. The summed E-state index contributed by atoms with van der Waals surface area (Å²) in [6, 6.07) is 15.4. The summed E-state index contributed by atoms with van der Waals surface area (Å²) in [6.45, 7) is 7.89. The minimum atomic E-state index is -0.552. The summed E-state index contributed by atoms with van der Waals surface area (Å²) in [5.74, 6) is -1.00. The van der Waals surface area contributed by atoms with Crippen molar-refractivity contribution in [3.63, 3.8) is 0 Å². The van der Waals surface area contributed by atoms with Gasteiger partial charge in [-0.1, -0.05) is 29.8 Å². The van der Waals surface area contributed by atoms with Gasteiger partial charge in [-0.05, 0) is 52.0 Å². The summed E-state index contributed by atoms with van der Waals surface area (Å²) in [6.07, 6.45) is -0.0195. The van der Waals surface area contributed by atoms with Crippen LogP contribution in [0.15, 0.2) is 53.3 Å². The average Bonchev–Trinajstić information content (AvgIpc) is 3.28. The zero-order chi connectivity index (χ0) is 25.1. The van der Waals surface area contributed by atoms with E-state index in [2.05, 4.69) is 10.4 Å². The molecule has 9 nitrogen and oxygen atoms in total. The van der Waals surface area contributed by atoms with Crippen LogP contribution in [0.3, 0.4) is 0 Å². The van der Waals surface area contributed by atoms with Gasteiger partial charge in [-0.3, -0.25) is 18.7 Å². The van der Waals surface area contributed by atoms with E-state index in [4.69, 9.17) is 4.74 Å². The number of anilines is 1. The second-order valence-electron chi connectivity index (χ2n) is 8.42. The van der Waals surface area contributed by atoms with Crippen LogP contribution in [0.4, 0.5) is 5.69 Å². The Hall–Kier alpha value is -4.14. The molecule has 0 aliphatic carbocycles. The summed E-state index contributed by atoms with van der Waals surface area (Å²) in [4.78, 5) is 37.5. The van der Waals surface area contributed by atoms with Crippen LogP contribution < -0.4 is 11.0 Å². The van der Waals surface area contributed by atoms with Crippen molar-refractivity contribution in [2.75, 3.05) is 11.9 Å². The lowest BCUT2D eigenvalue weighted by Gasteiger charge is -2.08. The molecular formula is C26H29N5O4. The van der Waals surface area contributed by atoms with E-state index in [0.717, 1.165) is 28.0 Å². The molecule has 0 aliphatic heterocycles. The van der Waals surface area contributed by atoms with Crippen molar-refractivity contribution in [1.29, 1.82) is 0 Å². The second kappa shape index (κ2) is 10.0. The second-order valence-corrected chi connectivity index (χ2v) is 8.42. The maximum atomic E-state index is 12.7. The molecule has 4 aromatic rings. The predicted molar refractivity (Wildman–Crippen MR) is 134 cm³/mol. The number of para-hydroxylation sites is 2. The number of carbonyl (C=O) groups is 2. The molecule has 0 unspecified atom stereocenters. The van der Waals surface area contributed by atoms with E-state index in [1.54, 1.807) is 13.8 Å². The van der Waals surface area contributed by atoms with Gasteiger partial charge in [0, 0.05) is 13.1 Å². The van der Waals surface area contributed by atoms with E-state index in [1.807, 2.05) is 76.2 Å². The summed E-state index contributed by atoms with van der Waals surface area (Å²) in [5, 5.41) is 7.32. The van der Waals surface area contributed by atoms with Crippen molar-refractivity contribution in [2.45, 2.75) is 47.2 Å². The lowest BCUT2D eigenvalue weighted by atomic mass is 10.2. The fourth-order valence-corrected chi connectivity index (χ4v) is 4.15. The predicted octanol–water partition coefficient (Wildman–Crippen LogP) is 3.51. The molecule has 2 aromatic carbocycles. The van der Waals surface area contributed by atoms with Crippen LogP contribution in [0.1, 0.15) is 30.3 Å². The molecule has 182 valence electrons. The van der Waals surface area contributed by atoms with Crippen LogP contribution in [-0.2, 0) is 27.4 Å². The van der Waals surface area contributed by atoms with Crippen molar-refractivity contribution in [3.8, 4) is 5.69 Å². The molecule has 0 spiro atoms. The third-order valence-electron chi connectivity index (χ3n) is 5.98. The number of benzene rings is 2. The van der Waals surface area contributed by atoms with Crippen LogP contribution in [0.5, 0.6) is 0 Å². The van der Waals surface area contributed by atoms with Gasteiger partial charge in [-0.2, -0.15) is 5.10 Å². The lowest BCUT2D eigenvalue weighted by Crippen LogP contribution is -2.26. The molecule has 0 fully saturated rings. The van der Waals surface area contributed by atoms with Gasteiger partial charge in [0.15, 0.2) is 6.61 Å². The number of esters is 1. The maximum Gasteiger partial charge on any atom is 0.329 e. The van der Waals surface area contributed by atoms with Crippen molar-refractivity contribution in [1.82, 2.24) is 18.9 Å². The van der Waals surface area contributed by atoms with Gasteiger partial charge in [0.2, 0.25) is 0 Å². The highest BCUT2D eigenvalue weighted by Gasteiger charge is 2.17. The highest BCUT2D eigenvalue weighted by molar-refractivity contribution is 5.94. The normalized spacial score (nSPS) is 11.1. The Morgan fingerprint density at radius 2 is 1.63 bits per heavy atom. The number of imidazole rings is 1. The highest BCUT2D eigenvalue weighted by atomic mass is 16.5. The lowest BCUT2D eigenvalue weighted by molar-refractivity contribution is -0.147. The Bertz CT molecular complexity index is 1440. The number of aromatic nitrogens is 4. The Morgan fingerprint density at radius 1 is 0.971 bits per heavy atom. The first-order chi connectivity index (χ1) is 16.8. The summed E-state index contributed by atoms with van der Waals surface area (Å²) < 4.78 is 10.2. The Labute approximate surface area is 202 Å². The number of carbonyl (C=O) groups excluding carboxylic acids is 2. The van der Waals surface area contributed by atoms with Gasteiger partial charge in [-0.25, -0.2) is 9.48 Å². The van der Waals surface area contributed by atoms with Crippen LogP contribution in [0.2, 0.25) is 0 Å². The van der Waals surface area contributed by atoms with E-state index in [9.17, 15) is 14.4 Å². The molecule has 0 saturated carbocycles. The van der Waals surface area contributed by atoms with Crippen LogP contribution >= 0.6 is 0 Å². The van der Waals surface area contributed by atoms with Gasteiger partial charge in [-0.15, -0.1) is 0 Å². The number of amides is 1. The number of hydrogen-bond donors (Lipinski definition) is 1. The van der Waals surface area contributed by atoms with Gasteiger partial charge in [0.1, 0.15) is 0 Å². The average molecular weight is 476 g/mol. The fourth-order valence-electron chi connectivity index (χ4n) is 4.15. The van der Waals surface area contributed by atoms with Gasteiger partial charge in [0.05, 0.1) is 40.2 Å². The van der Waals surface area contributed by atoms with Crippen LogP contribution in [0, 0.1) is 20.8 Å². The standard InChI is InChI=1S/C26H29N5O4/c1-5-29-21-8-6-7-9-22(21)30(26(29)34)15-14-24(33)35-16-23(32)27-25-18(3)28-31(19(25)4)20-12-10-17(2)11-13-20/h6-13H,5,14-16H2,1-4H3,(H,27,32). The quantitative estimate of drug-likeness (QED) is 0.393. The van der Waals surface area contributed by atoms with E-state index in [-0.39, 0.29) is 18.7 Å². The first kappa shape index (κ1) is 24.0. The van der Waals surface area contributed by atoms with E-state index in [0.29, 0.717) is 17.9 Å². The van der Waals surface area contributed by atoms with Gasteiger partial charge in [0.25, 0.3) is 5.91 Å². The number of nitrogens with zero attached hydrogens (tertiary/aromatic N) is 4. The number of ether oxygens (including phenoxy) is 1. The molecule has 4 rings (SSSR count). The molecule has 0 bridgehead atoms. The molecule has 1 amide bonds. The number of hydrogen-bond acceptors (Lipinski definition) is 5. The number of aryl methyl sites for hydroxylation is 4. The maximum absolute atomic E-state index is 12.7. The molecule has 1 N–H and O–H groups in total. The Kier molecular flexibility index (Phi) is 6.86. The topological polar surface area (TPSA) is 100 Å². The number of nitrogens with one attached hydrogen (secondary N) is 1. The minimum absolute atomic E-state index is 0.0195. The highest BCUT2D eigenvalue weighted by Crippen LogP contribution is 2.23. The first-order valence-electron chi connectivity index (χ1n) is 11.6. The van der Waals surface area contributed by atoms with Crippen molar-refractivity contribution < 1.29 is 14.3 Å². The number of rotatable bonds is 8. The molecule has 2 aromatic heterocycles. The minimum Gasteiger partial charge on any atom is -0.456 e. The molecule has 0 saturated heterocycles. The van der Waals surface area contributed by atoms with E-state index >= 15 is 0 Å². The van der Waals surface area contributed by atoms with Crippen molar-refractivity contribution in [2.24, 2.45) is 0 Å². The summed E-state index contributed by atoms with van der Waals surface area (Å²) >= 11 is 0. The largest absolute Gasteiger partial charge is 0.456 e. The third kappa shape index (κ3) is 4.89. The van der Waals surface area contributed by atoms with Crippen molar-refractivity contribution >= 4 is 28.6 Å². The molecule has 0 radical (unpaired) electrons. The molecule has 2 heterocycles. The molecule has 0 aliphatic rings. The zero-order valence-electron chi connectivity index (χ0n) is 20.4. The SMILES string of the molecule is CCn1c(=O)n(CCC(=O)OCC(=O)Nc2c(C)nn(-c3ccc(C)cc3)c2C)c2ccccc21. The first-order valence-corrected chi connectivity index (χ1v) is 11.6. The molecule has 0 atom stereocenters. The van der Waals surface area contributed by atoms with Crippen LogP contribution in [0.25, 0.3) is 16.7 Å². The van der Waals surface area contributed by atoms with E-state index < -0.39 is 18.5 Å². The van der Waals surface area contributed by atoms with E-state index in [1.165, 1.54) is 0 Å². The smallest absolute Gasteiger partial charge is 0.329 e. The van der Waals surface area contributed by atoms with Crippen molar-refractivity contribution in [3.05, 3.63) is 76.0 Å². The van der Waals surface area contributed by atoms with Gasteiger partial charge >= 0.3 is 11.7 Å². The van der Waals surface area contributed by atoms with Crippen LogP contribution in [-0.4, -0.2) is 37.4 Å². The third-order valence-corrected chi connectivity index (χ3v) is 5.98. The monoisotopic (exact) mass is 475 g/mol. The summed E-state index contributed by atoms with van der Waals surface area (Å²) in [5.41, 5.74) is 5.48. The summed E-state index contributed by atoms with van der Waals surface area (Å²) in [7, 11) is 0. The molecule has 9 heteroatoms. The Morgan fingerprint density at radius 3 is 2.29 bits per heavy atom. The fraction of sp³-hybridized carbons (Fsp3) is 0.308. The van der Waals surface area contributed by atoms with Gasteiger partial charge < -0.3 is 10.1 Å². The zero-order valence-corrected chi connectivity index (χ0v) is 20.4.